The van der Waals surface area contributed by atoms with Crippen molar-refractivity contribution in [1.29, 1.82) is 0 Å². The highest BCUT2D eigenvalue weighted by atomic mass is 16.4. The van der Waals surface area contributed by atoms with E-state index in [4.69, 9.17) is 5.11 Å². The Kier molecular flexibility index (Phi) is 3.38. The number of hydrogen-bond acceptors (Lipinski definition) is 3. The molecule has 5 heteroatoms. The van der Waals surface area contributed by atoms with Crippen LogP contribution in [0.3, 0.4) is 0 Å². The van der Waals surface area contributed by atoms with Gasteiger partial charge in [0.2, 0.25) is 11.8 Å². The summed E-state index contributed by atoms with van der Waals surface area (Å²) in [5, 5.41) is 8.85. The van der Waals surface area contributed by atoms with Crippen LogP contribution in [0.15, 0.2) is 24.3 Å². The molecule has 2 amide bonds. The number of benzene rings is 1. The van der Waals surface area contributed by atoms with Crippen molar-refractivity contribution < 1.29 is 19.5 Å². The molecular weight excluding hydrogens is 258 g/mol. The van der Waals surface area contributed by atoms with Crippen LogP contribution in [-0.2, 0) is 9.59 Å². The fourth-order valence-electron chi connectivity index (χ4n) is 2.30. The summed E-state index contributed by atoms with van der Waals surface area (Å²) in [4.78, 5) is 36.6. The zero-order valence-electron chi connectivity index (χ0n) is 11.7. The van der Waals surface area contributed by atoms with Gasteiger partial charge in [-0.05, 0) is 37.1 Å². The lowest BCUT2D eigenvalue weighted by molar-refractivity contribution is -0.126. The van der Waals surface area contributed by atoms with Crippen molar-refractivity contribution in [2.75, 3.05) is 4.90 Å². The smallest absolute Gasteiger partial charge is 0.335 e. The Labute approximate surface area is 117 Å². The Bertz CT molecular complexity index is 576. The Morgan fingerprint density at radius 3 is 2.20 bits per heavy atom. The molecule has 0 spiro atoms. The predicted octanol–water partition coefficient (Wildman–Crippen LogP) is 2.31. The van der Waals surface area contributed by atoms with Gasteiger partial charge < -0.3 is 5.11 Å². The summed E-state index contributed by atoms with van der Waals surface area (Å²) in [7, 11) is 0. The van der Waals surface area contributed by atoms with Crippen LogP contribution >= 0.6 is 0 Å². The van der Waals surface area contributed by atoms with Crippen LogP contribution in [0.5, 0.6) is 0 Å². The first-order valence-corrected chi connectivity index (χ1v) is 6.48. The quantitative estimate of drug-likeness (QED) is 0.859. The Morgan fingerprint density at radius 2 is 1.80 bits per heavy atom. The van der Waals surface area contributed by atoms with Crippen molar-refractivity contribution in [2.45, 2.75) is 27.2 Å². The van der Waals surface area contributed by atoms with Crippen LogP contribution in [0.25, 0.3) is 0 Å². The maximum Gasteiger partial charge on any atom is 0.335 e. The number of nitrogens with zero attached hydrogens (tertiary/aromatic N) is 1. The van der Waals surface area contributed by atoms with Gasteiger partial charge in [0, 0.05) is 6.42 Å². The van der Waals surface area contributed by atoms with Crippen LogP contribution in [0, 0.1) is 11.3 Å². The molecule has 1 heterocycles. The van der Waals surface area contributed by atoms with E-state index in [2.05, 4.69) is 0 Å². The topological polar surface area (TPSA) is 74.7 Å². The Hall–Kier alpha value is -2.17. The monoisotopic (exact) mass is 275 g/mol. The molecule has 1 atom stereocenters. The zero-order valence-corrected chi connectivity index (χ0v) is 11.7. The van der Waals surface area contributed by atoms with Gasteiger partial charge in [-0.1, -0.05) is 13.8 Å². The number of carboxylic acids is 1. The maximum atomic E-state index is 12.5. The second-order valence-corrected chi connectivity index (χ2v) is 5.64. The van der Waals surface area contributed by atoms with Crippen LogP contribution in [-0.4, -0.2) is 22.9 Å². The van der Waals surface area contributed by atoms with E-state index in [0.717, 1.165) is 4.90 Å². The fraction of sp³-hybridized carbons (Fsp3) is 0.400. The predicted molar refractivity (Wildman–Crippen MR) is 73.5 cm³/mol. The first-order valence-electron chi connectivity index (χ1n) is 6.48. The third kappa shape index (κ3) is 2.09. The molecule has 2 rings (SSSR count). The molecule has 0 saturated carbocycles. The van der Waals surface area contributed by atoms with E-state index in [-0.39, 0.29) is 29.7 Å². The second kappa shape index (κ2) is 4.74. The molecule has 1 N–H and O–H groups in total. The lowest BCUT2D eigenvalue weighted by Gasteiger charge is -2.26. The summed E-state index contributed by atoms with van der Waals surface area (Å²) in [5.74, 6) is -1.44. The summed E-state index contributed by atoms with van der Waals surface area (Å²) < 4.78 is 0. The summed E-state index contributed by atoms with van der Waals surface area (Å²) in [6.45, 7) is 5.63. The normalized spacial score (nSPS) is 22.7. The van der Waals surface area contributed by atoms with Gasteiger partial charge in [0.05, 0.1) is 16.7 Å². The molecule has 1 aromatic carbocycles. The van der Waals surface area contributed by atoms with Crippen LogP contribution in [0.1, 0.15) is 37.6 Å². The van der Waals surface area contributed by atoms with Crippen molar-refractivity contribution in [3.63, 3.8) is 0 Å². The van der Waals surface area contributed by atoms with Gasteiger partial charge in [-0.15, -0.1) is 0 Å². The molecule has 0 aromatic heterocycles. The molecule has 1 aliphatic rings. The number of imide groups is 1. The summed E-state index contributed by atoms with van der Waals surface area (Å²) in [6.07, 6.45) is 0.185. The molecule has 1 fully saturated rings. The van der Waals surface area contributed by atoms with E-state index in [1.54, 1.807) is 6.92 Å². The van der Waals surface area contributed by atoms with Gasteiger partial charge in [0.15, 0.2) is 0 Å². The summed E-state index contributed by atoms with van der Waals surface area (Å²) >= 11 is 0. The highest BCUT2D eigenvalue weighted by Gasteiger charge is 2.50. The van der Waals surface area contributed by atoms with E-state index >= 15 is 0 Å². The average molecular weight is 275 g/mol. The molecule has 1 aliphatic heterocycles. The Balaban J connectivity index is 2.36. The lowest BCUT2D eigenvalue weighted by atomic mass is 9.78. The largest absolute Gasteiger partial charge is 0.478 e. The minimum absolute atomic E-state index is 0.0576. The SMILES string of the molecule is CC(C)[C@@]1(C)CC(=O)N(c2ccc(C(=O)O)cc2)C1=O. The third-order valence-corrected chi connectivity index (χ3v) is 4.11. The molecule has 0 bridgehead atoms. The van der Waals surface area contributed by atoms with Crippen molar-refractivity contribution in [3.05, 3.63) is 29.8 Å². The van der Waals surface area contributed by atoms with E-state index in [9.17, 15) is 14.4 Å². The second-order valence-electron chi connectivity index (χ2n) is 5.64. The minimum atomic E-state index is -1.04. The third-order valence-electron chi connectivity index (χ3n) is 4.11. The summed E-state index contributed by atoms with van der Waals surface area (Å²) in [5.41, 5.74) is -0.142. The number of rotatable bonds is 3. The van der Waals surface area contributed by atoms with Crippen LogP contribution in [0.4, 0.5) is 5.69 Å². The van der Waals surface area contributed by atoms with Crippen molar-refractivity contribution in [1.82, 2.24) is 0 Å². The number of carboxylic acid groups (broad SMARTS) is 1. The number of anilines is 1. The van der Waals surface area contributed by atoms with Gasteiger partial charge in [0.25, 0.3) is 0 Å². The molecule has 106 valence electrons. The first kappa shape index (κ1) is 14.2. The molecule has 5 nitrogen and oxygen atoms in total. The molecule has 20 heavy (non-hydrogen) atoms. The van der Waals surface area contributed by atoms with Gasteiger partial charge in [0.1, 0.15) is 0 Å². The number of aromatic carboxylic acids is 1. The number of amides is 2. The molecule has 1 saturated heterocycles. The summed E-state index contributed by atoms with van der Waals surface area (Å²) in [6, 6.07) is 5.77. The van der Waals surface area contributed by atoms with Gasteiger partial charge in [-0.2, -0.15) is 0 Å². The van der Waals surface area contributed by atoms with Crippen LogP contribution in [0.2, 0.25) is 0 Å². The highest BCUT2D eigenvalue weighted by molar-refractivity contribution is 6.22. The number of carbonyl (C=O) groups is 3. The van der Waals surface area contributed by atoms with Crippen molar-refractivity contribution >= 4 is 23.5 Å². The molecule has 0 radical (unpaired) electrons. The average Bonchev–Trinajstić information content (AvgIpc) is 2.61. The number of carbonyl (C=O) groups excluding carboxylic acids is 2. The zero-order chi connectivity index (χ0) is 15.1. The van der Waals surface area contributed by atoms with E-state index in [1.807, 2.05) is 13.8 Å². The minimum Gasteiger partial charge on any atom is -0.478 e. The maximum absolute atomic E-state index is 12.5. The number of hydrogen-bond donors (Lipinski definition) is 1. The first-order chi connectivity index (χ1) is 9.27. The van der Waals surface area contributed by atoms with Crippen LogP contribution < -0.4 is 4.90 Å². The molecule has 0 aliphatic carbocycles. The van der Waals surface area contributed by atoms with Crippen molar-refractivity contribution in [3.8, 4) is 0 Å². The van der Waals surface area contributed by atoms with E-state index in [1.165, 1.54) is 24.3 Å². The van der Waals surface area contributed by atoms with Crippen molar-refractivity contribution in [2.24, 2.45) is 11.3 Å². The van der Waals surface area contributed by atoms with Gasteiger partial charge >= 0.3 is 5.97 Å². The van der Waals surface area contributed by atoms with E-state index in [0.29, 0.717) is 5.69 Å². The molecule has 1 aromatic rings. The molecule has 0 unspecified atom stereocenters. The lowest BCUT2D eigenvalue weighted by Crippen LogP contribution is -2.36. The Morgan fingerprint density at radius 1 is 1.25 bits per heavy atom. The van der Waals surface area contributed by atoms with Gasteiger partial charge in [-0.25, -0.2) is 4.79 Å². The standard InChI is InChI=1S/C15H17NO4/c1-9(2)15(3)8-12(17)16(14(15)20)11-6-4-10(5-7-11)13(18)19/h4-7,9H,8H2,1-3H3,(H,18,19)/t15-/m1/s1. The highest BCUT2D eigenvalue weighted by Crippen LogP contribution is 2.41. The fourth-order valence-corrected chi connectivity index (χ4v) is 2.30. The van der Waals surface area contributed by atoms with Gasteiger partial charge in [-0.3, -0.25) is 14.5 Å². The molecular formula is C15H17NO4. The van der Waals surface area contributed by atoms with E-state index < -0.39 is 11.4 Å².